The minimum absolute atomic E-state index is 0. The Bertz CT molecular complexity index is 1210. The Hall–Kier alpha value is -2.51. The highest BCUT2D eigenvalue weighted by Crippen LogP contribution is 2.23. The van der Waals surface area contributed by atoms with Gasteiger partial charge in [0.25, 0.3) is 5.91 Å². The first-order valence-corrected chi connectivity index (χ1v) is 16.0. The number of nitrogens with one attached hydrogen (secondary N) is 1. The smallest absolute Gasteiger partial charge is 0.255 e. The van der Waals surface area contributed by atoms with Gasteiger partial charge < -0.3 is 27.0 Å². The fourth-order valence-corrected chi connectivity index (χ4v) is 5.65. The predicted octanol–water partition coefficient (Wildman–Crippen LogP) is 5.93. The second-order valence-electron chi connectivity index (χ2n) is 10.7. The minimum Gasteiger partial charge on any atom is -1.00 e. The van der Waals surface area contributed by atoms with Crippen LogP contribution < -0.4 is 31.6 Å². The molecule has 0 aliphatic heterocycles. The van der Waals surface area contributed by atoms with Gasteiger partial charge in [0, 0.05) is 18.1 Å². The van der Waals surface area contributed by atoms with Gasteiger partial charge in [-0.2, -0.15) is 4.57 Å². The van der Waals surface area contributed by atoms with Crippen molar-refractivity contribution in [2.45, 2.75) is 104 Å². The highest BCUT2D eigenvalue weighted by molar-refractivity contribution is 7.07. The summed E-state index contributed by atoms with van der Waals surface area (Å²) in [4.78, 5) is 25.5. The highest BCUT2D eigenvalue weighted by atomic mass is 79.9. The van der Waals surface area contributed by atoms with Gasteiger partial charge in [-0.05, 0) is 37.6 Å². The van der Waals surface area contributed by atoms with Crippen LogP contribution >= 0.6 is 11.3 Å². The first-order chi connectivity index (χ1) is 19.5. The van der Waals surface area contributed by atoms with E-state index in [1.165, 1.54) is 76.8 Å². The lowest BCUT2D eigenvalue weighted by atomic mass is 10.0. The lowest BCUT2D eigenvalue weighted by molar-refractivity contribution is -0.689. The maximum atomic E-state index is 13.1. The van der Waals surface area contributed by atoms with E-state index in [-0.39, 0.29) is 28.7 Å². The van der Waals surface area contributed by atoms with Gasteiger partial charge in [-0.3, -0.25) is 9.59 Å². The maximum absolute atomic E-state index is 13.1. The van der Waals surface area contributed by atoms with E-state index in [1.54, 1.807) is 29.5 Å². The summed E-state index contributed by atoms with van der Waals surface area (Å²) >= 11 is 1.65. The summed E-state index contributed by atoms with van der Waals surface area (Å²) in [6.45, 7) is 7.11. The number of aromatic nitrogens is 1. The van der Waals surface area contributed by atoms with Crippen LogP contribution in [0.25, 0.3) is 0 Å². The van der Waals surface area contributed by atoms with Crippen LogP contribution in [0.3, 0.4) is 0 Å². The molecule has 41 heavy (non-hydrogen) atoms. The number of hydrogen-bond donors (Lipinski definition) is 1. The number of para-hydroxylation sites is 1. The fraction of sp³-hybridized carbons (Fsp3) is 0.500. The van der Waals surface area contributed by atoms with Gasteiger partial charge in [-0.25, -0.2) is 0 Å². The Kier molecular flexibility index (Phi) is 16.6. The van der Waals surface area contributed by atoms with Gasteiger partial charge in [-0.15, -0.1) is 0 Å². The van der Waals surface area contributed by atoms with Crippen molar-refractivity contribution >= 4 is 28.7 Å². The van der Waals surface area contributed by atoms with Crippen LogP contribution in [0, 0.1) is 6.92 Å². The number of hydrogen-bond acceptors (Lipinski definition) is 4. The van der Waals surface area contributed by atoms with Gasteiger partial charge in [0.1, 0.15) is 5.75 Å². The molecule has 5 nitrogen and oxygen atoms in total. The largest absolute Gasteiger partial charge is 1.00 e. The molecule has 1 N–H and O–H groups in total. The first kappa shape index (κ1) is 34.7. The molecular weight excluding hydrogens is 596 g/mol. The molecule has 0 fully saturated rings. The molecule has 0 saturated heterocycles. The summed E-state index contributed by atoms with van der Waals surface area (Å²) in [5.41, 5.74) is 5.93. The average molecular weight is 644 g/mol. The molecule has 3 rings (SSSR count). The Morgan fingerprint density at radius 1 is 0.878 bits per heavy atom. The lowest BCUT2D eigenvalue weighted by Crippen LogP contribution is -3.00. The zero-order chi connectivity index (χ0) is 28.6. The fourth-order valence-electron chi connectivity index (χ4n) is 4.87. The summed E-state index contributed by atoms with van der Waals surface area (Å²) < 4.78 is 8.14. The zero-order valence-electron chi connectivity index (χ0n) is 25.1. The Morgan fingerprint density at radius 2 is 1.51 bits per heavy atom. The predicted molar refractivity (Wildman–Crippen MR) is 166 cm³/mol. The van der Waals surface area contributed by atoms with Gasteiger partial charge in [-0.1, -0.05) is 107 Å². The van der Waals surface area contributed by atoms with Crippen LogP contribution in [-0.2, 0) is 6.54 Å². The van der Waals surface area contributed by atoms with Crippen LogP contribution in [0.2, 0.25) is 0 Å². The van der Waals surface area contributed by atoms with Crippen LogP contribution in [0.5, 0.6) is 5.75 Å². The quantitative estimate of drug-likeness (QED) is 0.100. The molecule has 0 unspecified atom stereocenters. The number of Topliss-reactive ketones (excluding diaryl/α,β-unsaturated/α-hetero) is 1. The number of ether oxygens (including phenoxy) is 1. The molecule has 1 aromatic heterocycles. The van der Waals surface area contributed by atoms with E-state index in [0.29, 0.717) is 30.0 Å². The van der Waals surface area contributed by atoms with Gasteiger partial charge in [0.15, 0.2) is 18.0 Å². The molecular formula is C34H47BrN2O3S. The van der Waals surface area contributed by atoms with E-state index in [4.69, 9.17) is 4.74 Å². The third kappa shape index (κ3) is 12.1. The number of benzene rings is 2. The lowest BCUT2D eigenvalue weighted by Gasteiger charge is -2.13. The van der Waals surface area contributed by atoms with Crippen molar-refractivity contribution in [3.63, 3.8) is 0 Å². The Balaban J connectivity index is 0.00000588. The summed E-state index contributed by atoms with van der Waals surface area (Å²) in [5.74, 6) is 0.204. The molecule has 0 aliphatic carbocycles. The molecule has 1 heterocycles. The summed E-state index contributed by atoms with van der Waals surface area (Å²) in [5, 5.41) is 5.14. The SMILES string of the molecule is CCCCCCCCCCCCCCOc1ccc(C(=O)Nc2ccccc2C[n+]2cscc2C)cc1C(C)=O.[Br-]. The van der Waals surface area contributed by atoms with Crippen LogP contribution in [0.4, 0.5) is 5.69 Å². The second-order valence-corrected chi connectivity index (χ2v) is 11.5. The molecule has 2 aromatic carbocycles. The molecule has 0 bridgehead atoms. The van der Waals surface area contributed by atoms with E-state index in [0.717, 1.165) is 24.1 Å². The molecule has 0 atom stereocenters. The molecule has 0 radical (unpaired) electrons. The highest BCUT2D eigenvalue weighted by Gasteiger charge is 2.17. The monoisotopic (exact) mass is 642 g/mol. The minimum atomic E-state index is -0.241. The number of amides is 1. The number of carbonyl (C=O) groups is 2. The topological polar surface area (TPSA) is 59.3 Å². The van der Waals surface area contributed by atoms with Crippen molar-refractivity contribution in [1.29, 1.82) is 0 Å². The maximum Gasteiger partial charge on any atom is 0.255 e. The number of nitrogens with zero attached hydrogens (tertiary/aromatic N) is 1. The molecule has 7 heteroatoms. The van der Waals surface area contributed by atoms with Crippen molar-refractivity contribution < 1.29 is 35.9 Å². The molecule has 3 aromatic rings. The van der Waals surface area contributed by atoms with Crippen molar-refractivity contribution in [3.8, 4) is 5.75 Å². The van der Waals surface area contributed by atoms with E-state index in [1.807, 2.05) is 24.3 Å². The van der Waals surface area contributed by atoms with Gasteiger partial charge in [0.2, 0.25) is 5.51 Å². The Morgan fingerprint density at radius 3 is 2.12 bits per heavy atom. The van der Waals surface area contributed by atoms with E-state index < -0.39 is 0 Å². The van der Waals surface area contributed by atoms with E-state index >= 15 is 0 Å². The summed E-state index contributed by atoms with van der Waals surface area (Å²) in [7, 11) is 0. The molecule has 224 valence electrons. The summed E-state index contributed by atoms with van der Waals surface area (Å²) in [6.07, 6.45) is 15.5. The first-order valence-electron chi connectivity index (χ1n) is 15.1. The number of halogens is 1. The molecule has 0 aliphatic rings. The van der Waals surface area contributed by atoms with Crippen molar-refractivity contribution in [2.24, 2.45) is 0 Å². The zero-order valence-corrected chi connectivity index (χ0v) is 27.5. The van der Waals surface area contributed by atoms with E-state index in [2.05, 4.69) is 34.6 Å². The molecule has 0 saturated carbocycles. The average Bonchev–Trinajstić information content (AvgIpc) is 3.36. The third-order valence-corrected chi connectivity index (χ3v) is 8.22. The molecule has 0 spiro atoms. The second kappa shape index (κ2) is 19.6. The number of ketones is 1. The van der Waals surface area contributed by atoms with Crippen molar-refractivity contribution in [1.82, 2.24) is 0 Å². The number of anilines is 1. The van der Waals surface area contributed by atoms with Crippen LogP contribution in [-0.4, -0.2) is 18.3 Å². The third-order valence-electron chi connectivity index (χ3n) is 7.36. The Labute approximate surface area is 261 Å². The standard InChI is InChI=1S/C34H46N2O3S.BrH/c1-4-5-6-7-8-9-10-11-12-13-14-17-22-39-33-21-20-29(23-31(33)28(3)37)34(38)35-32-19-16-15-18-30(32)24-36-26-40-25-27(36)2;/h15-16,18-21,23,25-26H,4-14,17,22,24H2,1-3H3;1H. The summed E-state index contributed by atoms with van der Waals surface area (Å²) in [6, 6.07) is 13.0. The van der Waals surface area contributed by atoms with Crippen molar-refractivity contribution in [2.75, 3.05) is 11.9 Å². The number of aryl methyl sites for hydroxylation is 1. The van der Waals surface area contributed by atoms with Crippen molar-refractivity contribution in [3.05, 3.63) is 75.7 Å². The number of rotatable bonds is 19. The van der Waals surface area contributed by atoms with Crippen LogP contribution in [0.1, 0.15) is 123 Å². The van der Waals surface area contributed by atoms with E-state index in [9.17, 15) is 9.59 Å². The number of unbranched alkanes of at least 4 members (excludes halogenated alkanes) is 11. The van der Waals surface area contributed by atoms with Gasteiger partial charge in [0.05, 0.1) is 23.2 Å². The van der Waals surface area contributed by atoms with Gasteiger partial charge >= 0.3 is 0 Å². The number of carbonyl (C=O) groups excluding carboxylic acids is 2. The van der Waals surface area contributed by atoms with Crippen LogP contribution in [0.15, 0.2) is 53.4 Å². The normalized spacial score (nSPS) is 10.7. The number of thiazole rings is 1. The molecule has 1 amide bonds.